The Morgan fingerprint density at radius 1 is 1.29 bits per heavy atom. The fraction of sp³-hybridized carbons (Fsp3) is 0.333. The lowest BCUT2D eigenvalue weighted by molar-refractivity contribution is 0.277. The van der Waals surface area contributed by atoms with Gasteiger partial charge in [0.15, 0.2) is 0 Å². The van der Waals surface area contributed by atoms with Crippen LogP contribution in [0.5, 0.6) is 0 Å². The summed E-state index contributed by atoms with van der Waals surface area (Å²) >= 11 is 3.40. The van der Waals surface area contributed by atoms with Gasteiger partial charge in [0.1, 0.15) is 5.69 Å². The van der Waals surface area contributed by atoms with E-state index in [1.165, 1.54) is 0 Å². The van der Waals surface area contributed by atoms with Crippen LogP contribution in [0.4, 0.5) is 0 Å². The van der Waals surface area contributed by atoms with Gasteiger partial charge in [0.25, 0.3) is 0 Å². The fourth-order valence-electron chi connectivity index (χ4n) is 1.70. The molecule has 0 saturated heterocycles. The normalized spacial score (nSPS) is 11.1. The Bertz CT molecular complexity index is 505. The molecule has 1 N–H and O–H groups in total. The Morgan fingerprint density at radius 3 is 2.47 bits per heavy atom. The number of hydrogen-bond acceptors (Lipinski definition) is 3. The van der Waals surface area contributed by atoms with Gasteiger partial charge >= 0.3 is 0 Å². The van der Waals surface area contributed by atoms with Crippen LogP contribution >= 0.6 is 15.9 Å². The Labute approximate surface area is 108 Å². The summed E-state index contributed by atoms with van der Waals surface area (Å²) in [5.74, 6) is 0. The van der Waals surface area contributed by atoms with Crippen LogP contribution in [-0.4, -0.2) is 20.1 Å². The number of benzene rings is 1. The van der Waals surface area contributed by atoms with Crippen molar-refractivity contribution in [1.29, 1.82) is 0 Å². The molecular weight excluding hydrogens is 282 g/mol. The minimum atomic E-state index is -0.0991. The second kappa shape index (κ2) is 4.98. The molecule has 1 heterocycles. The molecule has 0 aliphatic heterocycles. The van der Waals surface area contributed by atoms with Crippen LogP contribution in [0, 0.1) is 0 Å². The molecular formula is C12H14BrN3O. The smallest absolute Gasteiger partial charge is 0.116 e. The van der Waals surface area contributed by atoms with Crippen molar-refractivity contribution in [2.45, 2.75) is 26.5 Å². The number of nitrogens with zero attached hydrogens (tertiary/aromatic N) is 3. The summed E-state index contributed by atoms with van der Waals surface area (Å²) in [7, 11) is 0. The van der Waals surface area contributed by atoms with Gasteiger partial charge in [-0.3, -0.25) is 0 Å². The van der Waals surface area contributed by atoms with E-state index in [2.05, 4.69) is 26.2 Å². The Hall–Kier alpha value is -1.20. The molecule has 0 aliphatic carbocycles. The van der Waals surface area contributed by atoms with E-state index in [-0.39, 0.29) is 12.6 Å². The molecule has 0 aliphatic rings. The van der Waals surface area contributed by atoms with Gasteiger partial charge in [0, 0.05) is 16.1 Å². The highest BCUT2D eigenvalue weighted by Gasteiger charge is 2.15. The van der Waals surface area contributed by atoms with Gasteiger partial charge in [-0.1, -0.05) is 33.3 Å². The van der Waals surface area contributed by atoms with Crippen LogP contribution in [0.1, 0.15) is 25.6 Å². The highest BCUT2D eigenvalue weighted by molar-refractivity contribution is 9.10. The lowest BCUT2D eigenvalue weighted by Crippen LogP contribution is -2.05. The van der Waals surface area contributed by atoms with Gasteiger partial charge in [0.05, 0.1) is 12.3 Å². The summed E-state index contributed by atoms with van der Waals surface area (Å²) in [6.45, 7) is 3.98. The molecule has 90 valence electrons. The molecule has 0 unspecified atom stereocenters. The van der Waals surface area contributed by atoms with Crippen LogP contribution in [0.2, 0.25) is 0 Å². The molecule has 2 aromatic rings. The SMILES string of the molecule is CC(C)n1nnc(CO)c1-c1ccc(Br)cc1. The number of aliphatic hydroxyl groups is 1. The number of hydrogen-bond donors (Lipinski definition) is 1. The Morgan fingerprint density at radius 2 is 1.94 bits per heavy atom. The standard InChI is InChI=1S/C12H14BrN3O/c1-8(2)16-12(11(7-17)14-15-16)9-3-5-10(13)6-4-9/h3-6,8,17H,7H2,1-2H3. The molecule has 0 saturated carbocycles. The van der Waals surface area contributed by atoms with Crippen molar-refractivity contribution < 1.29 is 5.11 Å². The minimum absolute atomic E-state index is 0.0991. The van der Waals surface area contributed by atoms with E-state index in [1.54, 1.807) is 0 Å². The zero-order valence-corrected chi connectivity index (χ0v) is 11.3. The molecule has 0 spiro atoms. The lowest BCUT2D eigenvalue weighted by atomic mass is 10.1. The second-order valence-corrected chi connectivity index (χ2v) is 5.00. The largest absolute Gasteiger partial charge is 0.390 e. The molecule has 0 fully saturated rings. The molecule has 1 aromatic heterocycles. The number of halogens is 1. The van der Waals surface area contributed by atoms with Crippen LogP contribution in [0.15, 0.2) is 28.7 Å². The van der Waals surface area contributed by atoms with Gasteiger partial charge < -0.3 is 5.11 Å². The van der Waals surface area contributed by atoms with Crippen molar-refractivity contribution in [1.82, 2.24) is 15.0 Å². The summed E-state index contributed by atoms with van der Waals surface area (Å²) in [5, 5.41) is 17.4. The third-order valence-electron chi connectivity index (χ3n) is 2.52. The van der Waals surface area contributed by atoms with Gasteiger partial charge in [-0.2, -0.15) is 0 Å². The van der Waals surface area contributed by atoms with E-state index >= 15 is 0 Å². The van der Waals surface area contributed by atoms with E-state index in [9.17, 15) is 5.11 Å². The maximum absolute atomic E-state index is 9.30. The lowest BCUT2D eigenvalue weighted by Gasteiger charge is -2.10. The van der Waals surface area contributed by atoms with E-state index in [1.807, 2.05) is 42.8 Å². The Kier molecular flexibility index (Phi) is 3.59. The molecule has 17 heavy (non-hydrogen) atoms. The van der Waals surface area contributed by atoms with Crippen molar-refractivity contribution in [3.63, 3.8) is 0 Å². The maximum atomic E-state index is 9.30. The topological polar surface area (TPSA) is 50.9 Å². The van der Waals surface area contributed by atoms with Crippen LogP contribution in [0.3, 0.4) is 0 Å². The number of rotatable bonds is 3. The van der Waals surface area contributed by atoms with Crippen molar-refractivity contribution in [2.75, 3.05) is 0 Å². The minimum Gasteiger partial charge on any atom is -0.390 e. The van der Waals surface area contributed by atoms with Gasteiger partial charge in [0.2, 0.25) is 0 Å². The molecule has 0 radical (unpaired) electrons. The monoisotopic (exact) mass is 295 g/mol. The summed E-state index contributed by atoms with van der Waals surface area (Å²) in [6, 6.07) is 8.12. The first-order valence-electron chi connectivity index (χ1n) is 5.44. The van der Waals surface area contributed by atoms with Crippen molar-refractivity contribution in [3.8, 4) is 11.3 Å². The van der Waals surface area contributed by atoms with Crippen molar-refractivity contribution >= 4 is 15.9 Å². The summed E-state index contributed by atoms with van der Waals surface area (Å²) in [6.07, 6.45) is 0. The van der Waals surface area contributed by atoms with Gasteiger partial charge in [-0.25, -0.2) is 4.68 Å². The van der Waals surface area contributed by atoms with Crippen LogP contribution in [-0.2, 0) is 6.61 Å². The Balaban J connectivity index is 2.55. The quantitative estimate of drug-likeness (QED) is 0.947. The molecule has 0 amide bonds. The maximum Gasteiger partial charge on any atom is 0.116 e. The van der Waals surface area contributed by atoms with Gasteiger partial charge in [-0.05, 0) is 26.0 Å². The van der Waals surface area contributed by atoms with Crippen molar-refractivity contribution in [2.24, 2.45) is 0 Å². The molecule has 0 atom stereocenters. The fourth-order valence-corrected chi connectivity index (χ4v) is 1.97. The first kappa shape index (κ1) is 12.3. The summed E-state index contributed by atoms with van der Waals surface area (Å²) < 4.78 is 2.85. The average molecular weight is 296 g/mol. The van der Waals surface area contributed by atoms with Gasteiger partial charge in [-0.15, -0.1) is 5.10 Å². The van der Waals surface area contributed by atoms with Crippen LogP contribution in [0.25, 0.3) is 11.3 Å². The second-order valence-electron chi connectivity index (χ2n) is 4.09. The van der Waals surface area contributed by atoms with E-state index < -0.39 is 0 Å². The average Bonchev–Trinajstić information content (AvgIpc) is 2.73. The summed E-state index contributed by atoms with van der Waals surface area (Å²) in [4.78, 5) is 0. The van der Waals surface area contributed by atoms with Crippen molar-refractivity contribution in [3.05, 3.63) is 34.4 Å². The highest BCUT2D eigenvalue weighted by atomic mass is 79.9. The highest BCUT2D eigenvalue weighted by Crippen LogP contribution is 2.26. The third-order valence-corrected chi connectivity index (χ3v) is 3.05. The zero-order valence-electron chi connectivity index (χ0n) is 9.76. The molecule has 4 nitrogen and oxygen atoms in total. The predicted molar refractivity (Wildman–Crippen MR) is 69.5 cm³/mol. The number of aromatic nitrogens is 3. The first-order valence-corrected chi connectivity index (χ1v) is 6.23. The molecule has 0 bridgehead atoms. The zero-order chi connectivity index (χ0) is 12.4. The first-order chi connectivity index (χ1) is 8.13. The number of aliphatic hydroxyl groups excluding tert-OH is 1. The third kappa shape index (κ3) is 2.40. The molecule has 5 heteroatoms. The van der Waals surface area contributed by atoms with E-state index in [0.29, 0.717) is 5.69 Å². The molecule has 1 aromatic carbocycles. The molecule has 2 rings (SSSR count). The van der Waals surface area contributed by atoms with Crippen LogP contribution < -0.4 is 0 Å². The van der Waals surface area contributed by atoms with E-state index in [0.717, 1.165) is 15.7 Å². The predicted octanol–water partition coefficient (Wildman–Crippen LogP) is 2.78. The van der Waals surface area contributed by atoms with E-state index in [4.69, 9.17) is 0 Å². The summed E-state index contributed by atoms with van der Waals surface area (Å²) in [5.41, 5.74) is 2.51.